The van der Waals surface area contributed by atoms with Gasteiger partial charge in [0.1, 0.15) is 12.1 Å². The van der Waals surface area contributed by atoms with Crippen LogP contribution in [0.5, 0.6) is 0 Å². The van der Waals surface area contributed by atoms with Gasteiger partial charge in [-0.25, -0.2) is 14.8 Å². The van der Waals surface area contributed by atoms with E-state index in [2.05, 4.69) is 15.3 Å². The fourth-order valence-electron chi connectivity index (χ4n) is 1.54. The van der Waals surface area contributed by atoms with E-state index in [1.807, 2.05) is 0 Å². The molecule has 2 aromatic rings. The summed E-state index contributed by atoms with van der Waals surface area (Å²) in [5.74, 6) is -0.318. The standard InChI is InChI=1S/C13H13N3O3/c1-19-7-11-6-12(15-8-14-11)16-10-4-2-9(3-5-10)13(17)18/h2-6,8H,7H2,1H3,(H,17,18)(H,14,15,16). The van der Waals surface area contributed by atoms with Crippen molar-refractivity contribution < 1.29 is 14.6 Å². The highest BCUT2D eigenvalue weighted by Crippen LogP contribution is 2.15. The molecule has 0 saturated heterocycles. The van der Waals surface area contributed by atoms with Crippen LogP contribution in [0.15, 0.2) is 36.7 Å². The Morgan fingerprint density at radius 3 is 2.68 bits per heavy atom. The van der Waals surface area contributed by atoms with E-state index in [1.54, 1.807) is 25.3 Å². The summed E-state index contributed by atoms with van der Waals surface area (Å²) in [7, 11) is 1.60. The number of hydrogen-bond acceptors (Lipinski definition) is 5. The van der Waals surface area contributed by atoms with Crippen LogP contribution in [0.3, 0.4) is 0 Å². The zero-order valence-electron chi connectivity index (χ0n) is 10.3. The number of nitrogens with one attached hydrogen (secondary N) is 1. The number of carbonyl (C=O) groups is 1. The molecule has 0 bridgehead atoms. The predicted octanol–water partition coefficient (Wildman–Crippen LogP) is 2.06. The summed E-state index contributed by atoms with van der Waals surface area (Å²) >= 11 is 0. The van der Waals surface area contributed by atoms with E-state index >= 15 is 0 Å². The van der Waals surface area contributed by atoms with E-state index in [0.29, 0.717) is 12.4 Å². The highest BCUT2D eigenvalue weighted by Gasteiger charge is 2.03. The van der Waals surface area contributed by atoms with Crippen LogP contribution in [-0.4, -0.2) is 28.2 Å². The minimum absolute atomic E-state index is 0.244. The number of aromatic nitrogens is 2. The number of anilines is 2. The van der Waals surface area contributed by atoms with E-state index in [0.717, 1.165) is 11.4 Å². The topological polar surface area (TPSA) is 84.3 Å². The summed E-state index contributed by atoms with van der Waals surface area (Å²) in [6, 6.07) is 8.20. The van der Waals surface area contributed by atoms with Crippen LogP contribution in [0.4, 0.5) is 11.5 Å². The lowest BCUT2D eigenvalue weighted by molar-refractivity contribution is 0.0697. The van der Waals surface area contributed by atoms with Gasteiger partial charge in [-0.1, -0.05) is 0 Å². The Morgan fingerprint density at radius 1 is 1.32 bits per heavy atom. The molecule has 6 heteroatoms. The second-order valence-corrected chi connectivity index (χ2v) is 3.84. The molecule has 6 nitrogen and oxygen atoms in total. The maximum absolute atomic E-state index is 10.7. The van der Waals surface area contributed by atoms with Crippen molar-refractivity contribution >= 4 is 17.5 Å². The van der Waals surface area contributed by atoms with E-state index < -0.39 is 5.97 Å². The smallest absolute Gasteiger partial charge is 0.335 e. The summed E-state index contributed by atoms with van der Waals surface area (Å²) in [5, 5.41) is 11.9. The molecule has 0 aliphatic heterocycles. The molecule has 0 radical (unpaired) electrons. The fraction of sp³-hybridized carbons (Fsp3) is 0.154. The zero-order chi connectivity index (χ0) is 13.7. The van der Waals surface area contributed by atoms with Crippen LogP contribution in [-0.2, 0) is 11.3 Å². The number of methoxy groups -OCH3 is 1. The first-order valence-electron chi connectivity index (χ1n) is 5.59. The molecule has 0 aliphatic carbocycles. The minimum atomic E-state index is -0.948. The number of carboxylic acids is 1. The second kappa shape index (κ2) is 5.92. The lowest BCUT2D eigenvalue weighted by Crippen LogP contribution is -1.99. The van der Waals surface area contributed by atoms with E-state index in [9.17, 15) is 4.79 Å². The summed E-state index contributed by atoms with van der Waals surface area (Å²) in [6.45, 7) is 0.412. The number of aromatic carboxylic acids is 1. The van der Waals surface area contributed by atoms with E-state index in [4.69, 9.17) is 9.84 Å². The van der Waals surface area contributed by atoms with Gasteiger partial charge < -0.3 is 15.2 Å². The highest BCUT2D eigenvalue weighted by atomic mass is 16.5. The lowest BCUT2D eigenvalue weighted by atomic mass is 10.2. The normalized spacial score (nSPS) is 10.2. The molecule has 2 rings (SSSR count). The largest absolute Gasteiger partial charge is 0.478 e. The fourth-order valence-corrected chi connectivity index (χ4v) is 1.54. The third kappa shape index (κ3) is 3.49. The average Bonchev–Trinajstić information content (AvgIpc) is 2.40. The minimum Gasteiger partial charge on any atom is -0.478 e. The Balaban J connectivity index is 2.12. The number of hydrogen-bond donors (Lipinski definition) is 2. The van der Waals surface area contributed by atoms with Gasteiger partial charge in [-0.05, 0) is 24.3 Å². The molecule has 1 heterocycles. The van der Waals surface area contributed by atoms with Gasteiger partial charge in [-0.3, -0.25) is 0 Å². The molecule has 0 saturated carbocycles. The van der Waals surface area contributed by atoms with Crippen molar-refractivity contribution in [3.05, 3.63) is 47.9 Å². The number of nitrogens with zero attached hydrogens (tertiary/aromatic N) is 2. The van der Waals surface area contributed by atoms with E-state index in [1.165, 1.54) is 18.5 Å². The molecule has 0 amide bonds. The third-order valence-electron chi connectivity index (χ3n) is 2.42. The van der Waals surface area contributed by atoms with Crippen LogP contribution < -0.4 is 5.32 Å². The number of benzene rings is 1. The van der Waals surface area contributed by atoms with Gasteiger partial charge in [0.15, 0.2) is 0 Å². The Labute approximate surface area is 110 Å². The van der Waals surface area contributed by atoms with Crippen molar-refractivity contribution in [2.45, 2.75) is 6.61 Å². The first-order chi connectivity index (χ1) is 9.19. The molecule has 1 aromatic carbocycles. The second-order valence-electron chi connectivity index (χ2n) is 3.84. The first-order valence-corrected chi connectivity index (χ1v) is 5.59. The van der Waals surface area contributed by atoms with Crippen LogP contribution in [0.25, 0.3) is 0 Å². The predicted molar refractivity (Wildman–Crippen MR) is 69.4 cm³/mol. The molecule has 19 heavy (non-hydrogen) atoms. The molecule has 1 aromatic heterocycles. The quantitative estimate of drug-likeness (QED) is 0.855. The van der Waals surface area contributed by atoms with Crippen molar-refractivity contribution in [2.75, 3.05) is 12.4 Å². The van der Waals surface area contributed by atoms with Gasteiger partial charge in [-0.15, -0.1) is 0 Å². The van der Waals surface area contributed by atoms with Gasteiger partial charge >= 0.3 is 5.97 Å². The SMILES string of the molecule is COCc1cc(Nc2ccc(C(=O)O)cc2)ncn1. The van der Waals surface area contributed by atoms with Crippen molar-refractivity contribution in [1.29, 1.82) is 0 Å². The van der Waals surface area contributed by atoms with Crippen molar-refractivity contribution in [3.63, 3.8) is 0 Å². The molecule has 0 aliphatic rings. The van der Waals surface area contributed by atoms with Gasteiger partial charge in [0.05, 0.1) is 17.9 Å². The maximum atomic E-state index is 10.7. The number of ether oxygens (including phenoxy) is 1. The first kappa shape index (κ1) is 13.0. The van der Waals surface area contributed by atoms with Crippen molar-refractivity contribution in [2.24, 2.45) is 0 Å². The van der Waals surface area contributed by atoms with E-state index in [-0.39, 0.29) is 5.56 Å². The molecule has 0 fully saturated rings. The molecule has 0 spiro atoms. The Hall–Kier alpha value is -2.47. The van der Waals surface area contributed by atoms with Gasteiger partial charge in [0.2, 0.25) is 0 Å². The van der Waals surface area contributed by atoms with Crippen molar-refractivity contribution in [1.82, 2.24) is 9.97 Å². The molecule has 0 atom stereocenters. The van der Waals surface area contributed by atoms with Crippen LogP contribution >= 0.6 is 0 Å². The lowest BCUT2D eigenvalue weighted by Gasteiger charge is -2.06. The highest BCUT2D eigenvalue weighted by molar-refractivity contribution is 5.88. The van der Waals surface area contributed by atoms with Crippen LogP contribution in [0, 0.1) is 0 Å². The molecular weight excluding hydrogens is 246 g/mol. The summed E-state index contributed by atoms with van der Waals surface area (Å²) < 4.78 is 4.99. The maximum Gasteiger partial charge on any atom is 0.335 e. The Morgan fingerprint density at radius 2 is 2.05 bits per heavy atom. The molecule has 2 N–H and O–H groups in total. The third-order valence-corrected chi connectivity index (χ3v) is 2.42. The monoisotopic (exact) mass is 259 g/mol. The summed E-state index contributed by atoms with van der Waals surface area (Å²) in [6.07, 6.45) is 1.45. The molecule has 98 valence electrons. The molecule has 0 unspecified atom stereocenters. The average molecular weight is 259 g/mol. The molecular formula is C13H13N3O3. The summed E-state index contributed by atoms with van der Waals surface area (Å²) in [4.78, 5) is 18.9. The summed E-state index contributed by atoms with van der Waals surface area (Å²) in [5.41, 5.74) is 1.77. The number of carboxylic acid groups (broad SMARTS) is 1. The van der Waals surface area contributed by atoms with Crippen molar-refractivity contribution in [3.8, 4) is 0 Å². The van der Waals surface area contributed by atoms with Gasteiger partial charge in [0.25, 0.3) is 0 Å². The van der Waals surface area contributed by atoms with Gasteiger partial charge in [-0.2, -0.15) is 0 Å². The number of rotatable bonds is 5. The Bertz CT molecular complexity index is 570. The zero-order valence-corrected chi connectivity index (χ0v) is 10.3. The van der Waals surface area contributed by atoms with Gasteiger partial charge in [0, 0.05) is 18.9 Å². The van der Waals surface area contributed by atoms with Crippen LogP contribution in [0.1, 0.15) is 16.1 Å². The Kier molecular flexibility index (Phi) is 4.04. The van der Waals surface area contributed by atoms with Crippen LogP contribution in [0.2, 0.25) is 0 Å².